The Morgan fingerprint density at radius 2 is 2.24 bits per heavy atom. The molecule has 0 spiro atoms. The molecule has 0 saturated carbocycles. The fourth-order valence-corrected chi connectivity index (χ4v) is 1.44. The first-order valence-electron chi connectivity index (χ1n) is 4.80. The van der Waals surface area contributed by atoms with Gasteiger partial charge in [0.05, 0.1) is 10.6 Å². The molecule has 0 aliphatic heterocycles. The van der Waals surface area contributed by atoms with E-state index in [9.17, 15) is 14.5 Å². The summed E-state index contributed by atoms with van der Waals surface area (Å²) in [5.74, 6) is -0.560. The Labute approximate surface area is 95.6 Å². The van der Waals surface area contributed by atoms with Gasteiger partial charge in [-0.2, -0.15) is 5.10 Å². The van der Waals surface area contributed by atoms with Crippen molar-refractivity contribution < 1.29 is 9.31 Å². The summed E-state index contributed by atoms with van der Waals surface area (Å²) in [6.07, 6.45) is 1.50. The van der Waals surface area contributed by atoms with Gasteiger partial charge < -0.3 is 5.73 Å². The number of nitrogens with two attached hydrogens (primary N) is 1. The number of hydrogen-bond donors (Lipinski definition) is 1. The number of nitrogens with zero attached hydrogens (tertiary/aromatic N) is 3. The number of hydrogen-bond acceptors (Lipinski definition) is 4. The van der Waals surface area contributed by atoms with Crippen LogP contribution in [0.15, 0.2) is 30.5 Å². The highest BCUT2D eigenvalue weighted by Gasteiger charge is 2.16. The van der Waals surface area contributed by atoms with Crippen molar-refractivity contribution in [3.63, 3.8) is 0 Å². The summed E-state index contributed by atoms with van der Waals surface area (Å²) < 4.78 is 14.3. The predicted molar refractivity (Wildman–Crippen MR) is 58.1 cm³/mol. The lowest BCUT2D eigenvalue weighted by molar-refractivity contribution is -0.384. The summed E-state index contributed by atoms with van der Waals surface area (Å²) in [5.41, 5.74) is 5.83. The highest BCUT2D eigenvalue weighted by atomic mass is 19.1. The number of nitro groups is 1. The van der Waals surface area contributed by atoms with Crippen molar-refractivity contribution in [2.75, 3.05) is 0 Å². The molecule has 0 bridgehead atoms. The molecule has 0 fully saturated rings. The van der Waals surface area contributed by atoms with Crippen LogP contribution < -0.4 is 5.73 Å². The first-order chi connectivity index (χ1) is 8.11. The van der Waals surface area contributed by atoms with Gasteiger partial charge in [0.1, 0.15) is 11.5 Å². The van der Waals surface area contributed by atoms with Crippen molar-refractivity contribution in [1.29, 1.82) is 0 Å². The lowest BCUT2D eigenvalue weighted by atomic mass is 10.2. The van der Waals surface area contributed by atoms with E-state index in [1.807, 2.05) is 0 Å². The van der Waals surface area contributed by atoms with Gasteiger partial charge in [-0.05, 0) is 12.1 Å². The molecule has 7 heteroatoms. The Balaban J connectivity index is 2.56. The Morgan fingerprint density at radius 3 is 2.82 bits per heavy atom. The lowest BCUT2D eigenvalue weighted by Crippen LogP contribution is -2.03. The van der Waals surface area contributed by atoms with E-state index in [-0.39, 0.29) is 17.9 Å². The fourth-order valence-electron chi connectivity index (χ4n) is 1.44. The maximum atomic E-state index is 13.1. The van der Waals surface area contributed by atoms with Gasteiger partial charge in [0.15, 0.2) is 0 Å². The fraction of sp³-hybridized carbons (Fsp3) is 0.100. The highest BCUT2D eigenvalue weighted by Crippen LogP contribution is 2.23. The molecule has 0 aliphatic carbocycles. The van der Waals surface area contributed by atoms with Crippen LogP contribution in [0.2, 0.25) is 0 Å². The zero-order valence-electron chi connectivity index (χ0n) is 8.71. The van der Waals surface area contributed by atoms with E-state index in [2.05, 4.69) is 5.10 Å². The van der Waals surface area contributed by atoms with E-state index >= 15 is 0 Å². The zero-order valence-corrected chi connectivity index (χ0v) is 8.71. The van der Waals surface area contributed by atoms with Crippen LogP contribution in [0.4, 0.5) is 10.1 Å². The molecule has 2 rings (SSSR count). The third kappa shape index (κ3) is 2.13. The van der Waals surface area contributed by atoms with Crippen molar-refractivity contribution in [3.8, 4) is 5.69 Å². The minimum absolute atomic E-state index is 0.0784. The third-order valence-electron chi connectivity index (χ3n) is 2.23. The normalized spacial score (nSPS) is 10.5. The number of nitro benzene ring substituents is 1. The number of rotatable bonds is 3. The lowest BCUT2D eigenvalue weighted by Gasteiger charge is -2.02. The highest BCUT2D eigenvalue weighted by molar-refractivity contribution is 5.51. The topological polar surface area (TPSA) is 87.0 Å². The summed E-state index contributed by atoms with van der Waals surface area (Å²) in [7, 11) is 0. The summed E-state index contributed by atoms with van der Waals surface area (Å²) in [6.45, 7) is 0.218. The third-order valence-corrected chi connectivity index (χ3v) is 2.23. The molecule has 1 heterocycles. The second-order valence-corrected chi connectivity index (χ2v) is 3.35. The Kier molecular flexibility index (Phi) is 2.84. The second kappa shape index (κ2) is 4.30. The molecular formula is C10H9FN4O2. The van der Waals surface area contributed by atoms with Crippen molar-refractivity contribution in [2.45, 2.75) is 6.54 Å². The van der Waals surface area contributed by atoms with E-state index < -0.39 is 10.7 Å². The summed E-state index contributed by atoms with van der Waals surface area (Å²) in [4.78, 5) is 10.2. The van der Waals surface area contributed by atoms with Gasteiger partial charge in [-0.15, -0.1) is 0 Å². The molecule has 2 N–H and O–H groups in total. The second-order valence-electron chi connectivity index (χ2n) is 3.35. The van der Waals surface area contributed by atoms with Gasteiger partial charge in [0.2, 0.25) is 0 Å². The Morgan fingerprint density at radius 1 is 1.47 bits per heavy atom. The SMILES string of the molecule is NCc1ccn(-c2cc(F)ccc2[N+](=O)[O-])n1. The van der Waals surface area contributed by atoms with Crippen LogP contribution in [-0.4, -0.2) is 14.7 Å². The van der Waals surface area contributed by atoms with Crippen molar-refractivity contribution in [2.24, 2.45) is 5.73 Å². The molecular weight excluding hydrogens is 227 g/mol. The maximum absolute atomic E-state index is 13.1. The molecule has 6 nitrogen and oxygen atoms in total. The molecule has 0 saturated heterocycles. The van der Waals surface area contributed by atoms with E-state index in [1.54, 1.807) is 6.07 Å². The molecule has 0 unspecified atom stereocenters. The van der Waals surface area contributed by atoms with Crippen LogP contribution in [-0.2, 0) is 6.54 Å². The van der Waals surface area contributed by atoms with Crippen molar-refractivity contribution >= 4 is 5.69 Å². The Hall–Kier alpha value is -2.28. The van der Waals surface area contributed by atoms with E-state index in [0.29, 0.717) is 5.69 Å². The average molecular weight is 236 g/mol. The minimum atomic E-state index is -0.585. The first-order valence-corrected chi connectivity index (χ1v) is 4.80. The molecule has 0 amide bonds. The van der Waals surface area contributed by atoms with Crippen LogP contribution in [0, 0.1) is 15.9 Å². The van der Waals surface area contributed by atoms with Crippen molar-refractivity contribution in [1.82, 2.24) is 9.78 Å². The number of benzene rings is 1. The van der Waals surface area contributed by atoms with Crippen LogP contribution in [0.3, 0.4) is 0 Å². The number of halogens is 1. The molecule has 0 aliphatic rings. The monoisotopic (exact) mass is 236 g/mol. The maximum Gasteiger partial charge on any atom is 0.295 e. The Bertz CT molecular complexity index is 567. The zero-order chi connectivity index (χ0) is 12.4. The van der Waals surface area contributed by atoms with Gasteiger partial charge in [-0.3, -0.25) is 10.1 Å². The van der Waals surface area contributed by atoms with Crippen LogP contribution in [0.25, 0.3) is 5.69 Å². The molecule has 1 aromatic heterocycles. The van der Waals surface area contributed by atoms with Gasteiger partial charge >= 0.3 is 0 Å². The molecule has 2 aromatic rings. The minimum Gasteiger partial charge on any atom is -0.325 e. The van der Waals surface area contributed by atoms with Crippen LogP contribution in [0.1, 0.15) is 5.69 Å². The summed E-state index contributed by atoms with van der Waals surface area (Å²) in [5, 5.41) is 14.8. The smallest absolute Gasteiger partial charge is 0.295 e. The van der Waals surface area contributed by atoms with Gasteiger partial charge in [0, 0.05) is 24.9 Å². The van der Waals surface area contributed by atoms with E-state index in [4.69, 9.17) is 5.73 Å². The quantitative estimate of drug-likeness (QED) is 0.644. The summed E-state index contributed by atoms with van der Waals surface area (Å²) in [6, 6.07) is 4.82. The number of aromatic nitrogens is 2. The molecule has 0 atom stereocenters. The van der Waals surface area contributed by atoms with Crippen LogP contribution in [0.5, 0.6) is 0 Å². The van der Waals surface area contributed by atoms with Crippen LogP contribution >= 0.6 is 0 Å². The summed E-state index contributed by atoms with van der Waals surface area (Å²) >= 11 is 0. The first kappa shape index (κ1) is 11.2. The van der Waals surface area contributed by atoms with E-state index in [1.165, 1.54) is 10.9 Å². The predicted octanol–water partition coefficient (Wildman–Crippen LogP) is 1.38. The largest absolute Gasteiger partial charge is 0.325 e. The van der Waals surface area contributed by atoms with Crippen molar-refractivity contribution in [3.05, 3.63) is 52.1 Å². The molecule has 1 aromatic carbocycles. The average Bonchev–Trinajstić information content (AvgIpc) is 2.76. The van der Waals surface area contributed by atoms with E-state index in [0.717, 1.165) is 18.2 Å². The van der Waals surface area contributed by atoms with Gasteiger partial charge in [-0.25, -0.2) is 9.07 Å². The molecule has 17 heavy (non-hydrogen) atoms. The standard InChI is InChI=1S/C10H9FN4O2/c11-7-1-2-9(15(16)17)10(5-7)14-4-3-8(6-12)13-14/h1-5H,6,12H2. The van der Waals surface area contributed by atoms with Gasteiger partial charge in [-0.1, -0.05) is 0 Å². The molecule has 88 valence electrons. The molecule has 0 radical (unpaired) electrons. The van der Waals surface area contributed by atoms with Gasteiger partial charge in [0.25, 0.3) is 5.69 Å².